The Balaban J connectivity index is 1.30. The first-order valence-electron chi connectivity index (χ1n) is 15.2. The molecule has 214 valence electrons. The van der Waals surface area contributed by atoms with Gasteiger partial charge < -0.3 is 18.9 Å². The van der Waals surface area contributed by atoms with Crippen LogP contribution < -0.4 is 9.64 Å². The van der Waals surface area contributed by atoms with E-state index in [0.29, 0.717) is 0 Å². The zero-order valence-electron chi connectivity index (χ0n) is 24.6. The molecule has 0 radical (unpaired) electrons. The van der Waals surface area contributed by atoms with E-state index in [2.05, 4.69) is 135 Å². The lowest BCUT2D eigenvalue weighted by Gasteiger charge is -2.19. The van der Waals surface area contributed by atoms with E-state index in [0.717, 1.165) is 46.1 Å². The molecule has 0 saturated carbocycles. The van der Waals surface area contributed by atoms with Crippen molar-refractivity contribution >= 4 is 71.2 Å². The summed E-state index contributed by atoms with van der Waals surface area (Å²) in [6.45, 7) is 0.816. The van der Waals surface area contributed by atoms with Gasteiger partial charge in [-0.25, -0.2) is 4.98 Å². The van der Waals surface area contributed by atoms with E-state index in [1.165, 1.54) is 43.4 Å². The van der Waals surface area contributed by atoms with Crippen LogP contribution in [0.3, 0.4) is 0 Å². The molecule has 45 heavy (non-hydrogen) atoms. The molecule has 0 fully saturated rings. The second kappa shape index (κ2) is 9.00. The minimum Gasteiger partial charge on any atom is -0.457 e. The Morgan fingerprint density at radius 3 is 2.02 bits per heavy atom. The van der Waals surface area contributed by atoms with Crippen molar-refractivity contribution in [3.63, 3.8) is 0 Å². The molecular formula is C39H27N5O. The summed E-state index contributed by atoms with van der Waals surface area (Å²) in [5, 5.41) is 7.24. The number of ether oxygens (including phenoxy) is 1. The van der Waals surface area contributed by atoms with Gasteiger partial charge in [-0.3, -0.25) is 4.40 Å². The fraction of sp³-hybridized carbons (Fsp3) is 0.0513. The average Bonchev–Trinajstić information content (AvgIpc) is 3.76. The highest BCUT2D eigenvalue weighted by molar-refractivity contribution is 6.25. The Bertz CT molecular complexity index is 2700. The highest BCUT2D eigenvalue weighted by Gasteiger charge is 2.19. The average molecular weight is 582 g/mol. The van der Waals surface area contributed by atoms with Crippen LogP contribution in [0, 0.1) is 0 Å². The van der Waals surface area contributed by atoms with Gasteiger partial charge in [0.2, 0.25) is 0 Å². The van der Waals surface area contributed by atoms with Gasteiger partial charge in [0.05, 0.1) is 34.3 Å². The summed E-state index contributed by atoms with van der Waals surface area (Å²) in [6, 6.07) is 40.9. The molecule has 0 N–H and O–H groups in total. The van der Waals surface area contributed by atoms with Gasteiger partial charge in [-0.05, 0) is 42.5 Å². The van der Waals surface area contributed by atoms with Crippen molar-refractivity contribution in [3.05, 3.63) is 134 Å². The highest BCUT2D eigenvalue weighted by Crippen LogP contribution is 2.41. The number of aromatic nitrogens is 3. The maximum atomic E-state index is 6.55. The Labute approximate surface area is 258 Å². The number of pyridine rings is 1. The Morgan fingerprint density at radius 1 is 0.556 bits per heavy atom. The normalized spacial score (nSPS) is 13.6. The van der Waals surface area contributed by atoms with Crippen LogP contribution >= 0.6 is 0 Å². The van der Waals surface area contributed by atoms with Gasteiger partial charge in [0.25, 0.3) is 0 Å². The standard InChI is InChI=1S/C39H27N5O/c1-41-20-21-42(24-41)25-8-4-9-26(22-25)45-27-17-18-29-31-12-6-14-33-32-13-5-11-30-28-10-2-3-15-34(28)43(37(30)32)35-16-7-19-40-39(35)44(38(31)33)36(29)23-27/h2-23H,24H2,1H3. The van der Waals surface area contributed by atoms with Gasteiger partial charge >= 0.3 is 0 Å². The SMILES string of the molecule is CN1C=CN(c2cccc(Oc3ccc4c5cccc6c7cccc8c9ccccc9n(c9cccnc9n(c4c3)c56)c87)c2)C1. The maximum Gasteiger partial charge on any atom is 0.162 e. The van der Waals surface area contributed by atoms with E-state index in [-0.39, 0.29) is 0 Å². The van der Waals surface area contributed by atoms with Crippen molar-refractivity contribution in [2.45, 2.75) is 0 Å². The zero-order chi connectivity index (χ0) is 29.6. The minimum absolute atomic E-state index is 0.781. The van der Waals surface area contributed by atoms with E-state index < -0.39 is 0 Å². The summed E-state index contributed by atoms with van der Waals surface area (Å²) in [4.78, 5) is 9.43. The summed E-state index contributed by atoms with van der Waals surface area (Å²) < 4.78 is 11.3. The van der Waals surface area contributed by atoms with E-state index >= 15 is 0 Å². The summed E-state index contributed by atoms with van der Waals surface area (Å²) >= 11 is 0. The number of anilines is 1. The predicted octanol–water partition coefficient (Wildman–Crippen LogP) is 9.33. The molecule has 5 heterocycles. The number of hydrogen-bond acceptors (Lipinski definition) is 4. The monoisotopic (exact) mass is 581 g/mol. The maximum absolute atomic E-state index is 6.55. The fourth-order valence-electron chi connectivity index (χ4n) is 7.33. The fourth-order valence-corrected chi connectivity index (χ4v) is 7.33. The Kier molecular flexibility index (Phi) is 4.89. The third kappa shape index (κ3) is 3.42. The number of para-hydroxylation sites is 3. The number of benzene rings is 5. The number of rotatable bonds is 3. The van der Waals surface area contributed by atoms with Gasteiger partial charge in [0.1, 0.15) is 11.5 Å². The molecule has 4 aromatic heterocycles. The third-order valence-corrected chi connectivity index (χ3v) is 9.23. The van der Waals surface area contributed by atoms with Crippen molar-refractivity contribution in [2.24, 2.45) is 0 Å². The van der Waals surface area contributed by atoms with Crippen LogP contribution in [0.4, 0.5) is 5.69 Å². The molecule has 6 nitrogen and oxygen atoms in total. The van der Waals surface area contributed by atoms with Gasteiger partial charge in [-0.1, -0.05) is 60.7 Å². The molecule has 10 rings (SSSR count). The Morgan fingerprint density at radius 2 is 1.22 bits per heavy atom. The first-order valence-corrected chi connectivity index (χ1v) is 15.2. The lowest BCUT2D eigenvalue weighted by atomic mass is 10.0. The number of fused-ring (bicyclic) bond motifs is 10. The minimum atomic E-state index is 0.781. The lowest BCUT2D eigenvalue weighted by Crippen LogP contribution is -2.21. The molecule has 0 atom stereocenters. The number of nitrogens with zero attached hydrogens (tertiary/aromatic N) is 5. The second-order valence-electron chi connectivity index (χ2n) is 11.9. The molecular weight excluding hydrogens is 554 g/mol. The highest BCUT2D eigenvalue weighted by atomic mass is 16.5. The molecule has 9 aromatic rings. The van der Waals surface area contributed by atoms with Crippen molar-refractivity contribution in [3.8, 4) is 11.5 Å². The van der Waals surface area contributed by atoms with Gasteiger partial charge in [0.15, 0.2) is 5.65 Å². The quantitative estimate of drug-likeness (QED) is 0.208. The van der Waals surface area contributed by atoms with Crippen molar-refractivity contribution < 1.29 is 4.74 Å². The topological polar surface area (TPSA) is 37.4 Å². The Hall–Kier alpha value is -6.01. The first-order chi connectivity index (χ1) is 22.2. The van der Waals surface area contributed by atoms with E-state index in [1.54, 1.807) is 0 Å². The zero-order valence-corrected chi connectivity index (χ0v) is 24.6. The summed E-state index contributed by atoms with van der Waals surface area (Å²) in [7, 11) is 2.07. The van der Waals surface area contributed by atoms with Crippen LogP contribution in [0.5, 0.6) is 11.5 Å². The molecule has 1 aliphatic rings. The van der Waals surface area contributed by atoms with Crippen LogP contribution in [0.15, 0.2) is 134 Å². The predicted molar refractivity (Wildman–Crippen MR) is 184 cm³/mol. The molecule has 0 saturated heterocycles. The lowest BCUT2D eigenvalue weighted by molar-refractivity contribution is 0.481. The molecule has 1 aliphatic heterocycles. The molecule has 0 amide bonds. The van der Waals surface area contributed by atoms with E-state index in [9.17, 15) is 0 Å². The molecule has 0 unspecified atom stereocenters. The number of hydrogen-bond donors (Lipinski definition) is 0. The molecule has 5 aromatic carbocycles. The van der Waals surface area contributed by atoms with Crippen LogP contribution in [0.2, 0.25) is 0 Å². The van der Waals surface area contributed by atoms with Gasteiger partial charge in [-0.2, -0.15) is 0 Å². The largest absolute Gasteiger partial charge is 0.457 e. The van der Waals surface area contributed by atoms with Crippen molar-refractivity contribution in [1.82, 2.24) is 18.7 Å². The van der Waals surface area contributed by atoms with Gasteiger partial charge in [-0.15, -0.1) is 0 Å². The third-order valence-electron chi connectivity index (χ3n) is 9.23. The van der Waals surface area contributed by atoms with E-state index in [4.69, 9.17) is 9.72 Å². The van der Waals surface area contributed by atoms with Crippen molar-refractivity contribution in [1.29, 1.82) is 0 Å². The van der Waals surface area contributed by atoms with Crippen LogP contribution in [0.25, 0.3) is 65.5 Å². The summed E-state index contributed by atoms with van der Waals surface area (Å²) in [5.74, 6) is 1.58. The van der Waals surface area contributed by atoms with Crippen LogP contribution in [0.1, 0.15) is 0 Å². The molecule has 0 aliphatic carbocycles. The van der Waals surface area contributed by atoms with Crippen LogP contribution in [-0.2, 0) is 0 Å². The molecule has 6 heteroatoms. The van der Waals surface area contributed by atoms with Crippen LogP contribution in [-0.4, -0.2) is 32.4 Å². The first kappa shape index (κ1) is 24.4. The van der Waals surface area contributed by atoms with Gasteiger partial charge in [0, 0.05) is 75.8 Å². The summed E-state index contributed by atoms with van der Waals surface area (Å²) in [6.07, 6.45) is 6.07. The summed E-state index contributed by atoms with van der Waals surface area (Å²) in [5.41, 5.74) is 7.63. The smallest absolute Gasteiger partial charge is 0.162 e. The van der Waals surface area contributed by atoms with Crippen molar-refractivity contribution in [2.75, 3.05) is 18.6 Å². The van der Waals surface area contributed by atoms with E-state index in [1.807, 2.05) is 24.4 Å². The molecule has 0 bridgehead atoms. The second-order valence-corrected chi connectivity index (χ2v) is 11.9. The molecule has 0 spiro atoms.